The van der Waals surface area contributed by atoms with Crippen molar-refractivity contribution in [3.63, 3.8) is 0 Å². The predicted molar refractivity (Wildman–Crippen MR) is 67.0 cm³/mol. The number of hydrogen-bond acceptors (Lipinski definition) is 3. The highest BCUT2D eigenvalue weighted by Gasteiger charge is 2.57. The summed E-state index contributed by atoms with van der Waals surface area (Å²) in [6.07, 6.45) is 0. The Labute approximate surface area is 101 Å². The van der Waals surface area contributed by atoms with Crippen molar-refractivity contribution < 1.29 is 4.92 Å². The van der Waals surface area contributed by atoms with Crippen molar-refractivity contribution in [2.24, 2.45) is 11.3 Å². The molecule has 1 N–H and O–H groups in total. The summed E-state index contributed by atoms with van der Waals surface area (Å²) in [5.41, 5.74) is 1.66. The minimum Gasteiger partial charge on any atom is -0.319 e. The second-order valence-electron chi connectivity index (χ2n) is 5.31. The first-order valence-electron chi connectivity index (χ1n) is 5.87. The Balaban J connectivity index is 2.17. The van der Waals surface area contributed by atoms with Crippen LogP contribution in [0, 0.1) is 21.4 Å². The number of nitrogens with one attached hydrogen (secondary N) is 1. The van der Waals surface area contributed by atoms with Crippen LogP contribution in [0.5, 0.6) is 0 Å². The van der Waals surface area contributed by atoms with Crippen molar-refractivity contribution in [3.8, 4) is 0 Å². The summed E-state index contributed by atoms with van der Waals surface area (Å²) in [4.78, 5) is 10.2. The van der Waals surface area contributed by atoms with E-state index in [-0.39, 0.29) is 10.6 Å². The molecule has 0 heterocycles. The van der Waals surface area contributed by atoms with Gasteiger partial charge in [-0.25, -0.2) is 0 Å². The Hall–Kier alpha value is -1.42. The summed E-state index contributed by atoms with van der Waals surface area (Å²) in [6.45, 7) is 5.50. The highest BCUT2D eigenvalue weighted by molar-refractivity contribution is 5.39. The second kappa shape index (κ2) is 4.11. The number of non-ortho nitro benzene ring substituents is 1. The molecule has 4 nitrogen and oxygen atoms in total. The number of nitro benzene ring substituents is 1. The van der Waals surface area contributed by atoms with Crippen LogP contribution >= 0.6 is 0 Å². The maximum Gasteiger partial charge on any atom is 0.269 e. The van der Waals surface area contributed by atoms with Crippen LogP contribution in [-0.2, 0) is 0 Å². The summed E-state index contributed by atoms with van der Waals surface area (Å²) in [6, 6.07) is 6.97. The van der Waals surface area contributed by atoms with Gasteiger partial charge in [0.15, 0.2) is 0 Å². The molecule has 1 aliphatic rings. The van der Waals surface area contributed by atoms with Gasteiger partial charge in [0, 0.05) is 12.1 Å². The minimum absolute atomic E-state index is 0.164. The average molecular weight is 234 g/mol. The lowest BCUT2D eigenvalue weighted by Crippen LogP contribution is -2.12. The lowest BCUT2D eigenvalue weighted by molar-refractivity contribution is -0.384. The number of hydrogen-bond donors (Lipinski definition) is 1. The van der Waals surface area contributed by atoms with Gasteiger partial charge < -0.3 is 5.32 Å². The van der Waals surface area contributed by atoms with Crippen LogP contribution in [0.15, 0.2) is 24.3 Å². The normalized spacial score (nSPS) is 25.6. The summed E-state index contributed by atoms with van der Waals surface area (Å²) in [5.74, 6) is 1.13. The van der Waals surface area contributed by atoms with Crippen LogP contribution in [0.3, 0.4) is 0 Å². The average Bonchev–Trinajstić information content (AvgIpc) is 2.81. The minimum atomic E-state index is -0.354. The Morgan fingerprint density at radius 2 is 1.94 bits per heavy atom. The summed E-state index contributed by atoms with van der Waals surface area (Å²) in [7, 11) is 1.96. The van der Waals surface area contributed by atoms with E-state index in [0.29, 0.717) is 17.3 Å². The maximum absolute atomic E-state index is 10.6. The largest absolute Gasteiger partial charge is 0.319 e. The third-order valence-corrected chi connectivity index (χ3v) is 3.94. The lowest BCUT2D eigenvalue weighted by atomic mass is 10.0. The molecule has 92 valence electrons. The quantitative estimate of drug-likeness (QED) is 0.643. The van der Waals surface area contributed by atoms with Gasteiger partial charge in [0.25, 0.3) is 5.69 Å². The Bertz CT molecular complexity index is 426. The van der Waals surface area contributed by atoms with Crippen molar-refractivity contribution in [1.29, 1.82) is 0 Å². The number of benzene rings is 1. The third kappa shape index (κ3) is 2.05. The SMILES string of the molecule is CNCC1C(c2ccc([N+](=O)[O-])cc2)C1(C)C. The molecule has 0 bridgehead atoms. The number of nitrogens with zero attached hydrogens (tertiary/aromatic N) is 1. The highest BCUT2D eigenvalue weighted by atomic mass is 16.6. The zero-order valence-electron chi connectivity index (χ0n) is 10.4. The van der Waals surface area contributed by atoms with E-state index in [1.165, 1.54) is 5.56 Å². The van der Waals surface area contributed by atoms with Crippen molar-refractivity contribution in [3.05, 3.63) is 39.9 Å². The van der Waals surface area contributed by atoms with E-state index in [1.54, 1.807) is 12.1 Å². The number of nitro groups is 1. The maximum atomic E-state index is 10.6. The van der Waals surface area contributed by atoms with E-state index in [2.05, 4.69) is 19.2 Å². The first-order chi connectivity index (χ1) is 7.98. The van der Waals surface area contributed by atoms with Crippen LogP contribution in [0.25, 0.3) is 0 Å². The van der Waals surface area contributed by atoms with Crippen molar-refractivity contribution in [2.75, 3.05) is 13.6 Å². The van der Waals surface area contributed by atoms with Gasteiger partial charge in [-0.2, -0.15) is 0 Å². The molecule has 1 aliphatic carbocycles. The molecule has 1 aromatic rings. The molecule has 1 saturated carbocycles. The molecule has 0 radical (unpaired) electrons. The van der Waals surface area contributed by atoms with Crippen LogP contribution in [0.4, 0.5) is 5.69 Å². The van der Waals surface area contributed by atoms with Crippen LogP contribution in [0.2, 0.25) is 0 Å². The van der Waals surface area contributed by atoms with E-state index in [0.717, 1.165) is 6.54 Å². The zero-order valence-corrected chi connectivity index (χ0v) is 10.4. The van der Waals surface area contributed by atoms with E-state index in [9.17, 15) is 10.1 Å². The van der Waals surface area contributed by atoms with Crippen molar-refractivity contribution in [2.45, 2.75) is 19.8 Å². The van der Waals surface area contributed by atoms with E-state index >= 15 is 0 Å². The van der Waals surface area contributed by atoms with Crippen molar-refractivity contribution >= 4 is 5.69 Å². The predicted octanol–water partition coefficient (Wildman–Crippen LogP) is 2.55. The molecule has 0 saturated heterocycles. The second-order valence-corrected chi connectivity index (χ2v) is 5.31. The molecule has 17 heavy (non-hydrogen) atoms. The fourth-order valence-corrected chi connectivity index (χ4v) is 2.81. The van der Waals surface area contributed by atoms with Gasteiger partial charge in [0.05, 0.1) is 4.92 Å². The van der Waals surface area contributed by atoms with Crippen LogP contribution in [0.1, 0.15) is 25.3 Å². The van der Waals surface area contributed by atoms with Gasteiger partial charge in [0.1, 0.15) is 0 Å². The summed E-state index contributed by atoms with van der Waals surface area (Å²) in [5, 5.41) is 13.8. The Morgan fingerprint density at radius 1 is 1.35 bits per heavy atom. The molecule has 0 aliphatic heterocycles. The third-order valence-electron chi connectivity index (χ3n) is 3.94. The van der Waals surface area contributed by atoms with Gasteiger partial charge in [-0.3, -0.25) is 10.1 Å². The molecular formula is C13H18N2O2. The van der Waals surface area contributed by atoms with Gasteiger partial charge in [-0.15, -0.1) is 0 Å². The standard InChI is InChI=1S/C13H18N2O2/c1-13(2)11(8-14-3)12(13)9-4-6-10(7-5-9)15(16)17/h4-7,11-12,14H,8H2,1-3H3. The Kier molecular flexibility index (Phi) is 2.91. The monoisotopic (exact) mass is 234 g/mol. The lowest BCUT2D eigenvalue weighted by Gasteiger charge is -2.02. The number of rotatable bonds is 4. The van der Waals surface area contributed by atoms with Crippen molar-refractivity contribution in [1.82, 2.24) is 5.32 Å². The molecule has 0 spiro atoms. The molecule has 0 aromatic heterocycles. The first-order valence-corrected chi connectivity index (χ1v) is 5.87. The molecule has 2 atom stereocenters. The molecule has 1 aromatic carbocycles. The molecule has 1 fully saturated rings. The molecule has 4 heteroatoms. The molecule has 0 amide bonds. The fraction of sp³-hybridized carbons (Fsp3) is 0.538. The van der Waals surface area contributed by atoms with Gasteiger partial charge in [-0.1, -0.05) is 26.0 Å². The van der Waals surface area contributed by atoms with E-state index in [1.807, 2.05) is 19.2 Å². The van der Waals surface area contributed by atoms with Gasteiger partial charge in [0.2, 0.25) is 0 Å². The topological polar surface area (TPSA) is 55.2 Å². The molecule has 2 rings (SSSR count). The molecule has 2 unspecified atom stereocenters. The zero-order chi connectivity index (χ0) is 12.6. The van der Waals surface area contributed by atoms with E-state index < -0.39 is 0 Å². The fourth-order valence-electron chi connectivity index (χ4n) is 2.81. The van der Waals surface area contributed by atoms with Crippen LogP contribution < -0.4 is 5.32 Å². The van der Waals surface area contributed by atoms with E-state index in [4.69, 9.17) is 0 Å². The van der Waals surface area contributed by atoms with Crippen LogP contribution in [-0.4, -0.2) is 18.5 Å². The molecular weight excluding hydrogens is 216 g/mol. The Morgan fingerprint density at radius 3 is 2.41 bits per heavy atom. The summed E-state index contributed by atoms with van der Waals surface area (Å²) >= 11 is 0. The highest BCUT2D eigenvalue weighted by Crippen LogP contribution is 2.64. The summed E-state index contributed by atoms with van der Waals surface area (Å²) < 4.78 is 0. The first kappa shape index (κ1) is 12.0. The van der Waals surface area contributed by atoms with Gasteiger partial charge in [-0.05, 0) is 36.4 Å². The smallest absolute Gasteiger partial charge is 0.269 e. The van der Waals surface area contributed by atoms with Gasteiger partial charge >= 0.3 is 0 Å².